The number of benzene rings is 2. The van der Waals surface area contributed by atoms with Crippen molar-refractivity contribution in [1.82, 2.24) is 9.88 Å². The SMILES string of the molecule is CSCCC(=O)N1CCc2c([nH]c3ccccc23)C1c1cccc(C(F)(F)F)c1. The molecule has 1 amide bonds. The fourth-order valence-electron chi connectivity index (χ4n) is 4.07. The summed E-state index contributed by atoms with van der Waals surface area (Å²) in [6.45, 7) is 0.489. The Kier molecular flexibility index (Phi) is 5.34. The van der Waals surface area contributed by atoms with Crippen molar-refractivity contribution in [3.05, 3.63) is 70.9 Å². The van der Waals surface area contributed by atoms with Crippen LogP contribution < -0.4 is 0 Å². The molecule has 4 rings (SSSR count). The van der Waals surface area contributed by atoms with E-state index in [1.165, 1.54) is 12.1 Å². The van der Waals surface area contributed by atoms with Gasteiger partial charge in [0.05, 0.1) is 11.6 Å². The van der Waals surface area contributed by atoms with Crippen LogP contribution in [0.5, 0.6) is 0 Å². The second kappa shape index (κ2) is 7.78. The van der Waals surface area contributed by atoms with Crippen molar-refractivity contribution < 1.29 is 18.0 Å². The lowest BCUT2D eigenvalue weighted by Crippen LogP contribution is -2.40. The third-order valence-electron chi connectivity index (χ3n) is 5.40. The van der Waals surface area contributed by atoms with Crippen molar-refractivity contribution in [2.45, 2.75) is 25.1 Å². The number of halogens is 3. The van der Waals surface area contributed by atoms with Crippen molar-refractivity contribution >= 4 is 28.6 Å². The number of carbonyl (C=O) groups is 1. The minimum Gasteiger partial charge on any atom is -0.356 e. The van der Waals surface area contributed by atoms with Crippen LogP contribution in [0.25, 0.3) is 10.9 Å². The lowest BCUT2D eigenvalue weighted by molar-refractivity contribution is -0.137. The molecule has 1 atom stereocenters. The van der Waals surface area contributed by atoms with E-state index in [0.29, 0.717) is 30.7 Å². The Balaban J connectivity index is 1.85. The molecule has 1 N–H and O–H groups in total. The Hall–Kier alpha value is -2.41. The number of hydrogen-bond donors (Lipinski definition) is 1. The highest BCUT2D eigenvalue weighted by Crippen LogP contribution is 2.40. The fraction of sp³-hybridized carbons (Fsp3) is 0.318. The van der Waals surface area contributed by atoms with E-state index >= 15 is 0 Å². The summed E-state index contributed by atoms with van der Waals surface area (Å²) in [5, 5.41) is 1.07. The standard InChI is InChI=1S/C22H21F3N2OS/c1-29-12-10-19(28)27-11-9-17-16-7-2-3-8-18(16)26-20(17)21(27)14-5-4-6-15(13-14)22(23,24)25/h2-8,13,21,26H,9-12H2,1H3. The van der Waals surface area contributed by atoms with E-state index in [2.05, 4.69) is 4.98 Å². The summed E-state index contributed by atoms with van der Waals surface area (Å²) >= 11 is 1.58. The summed E-state index contributed by atoms with van der Waals surface area (Å²) in [5.41, 5.74) is 2.61. The van der Waals surface area contributed by atoms with Crippen molar-refractivity contribution in [1.29, 1.82) is 0 Å². The first-order chi connectivity index (χ1) is 13.9. The molecule has 0 bridgehead atoms. The van der Waals surface area contributed by atoms with Crippen LogP contribution in [0.2, 0.25) is 0 Å². The van der Waals surface area contributed by atoms with E-state index in [1.54, 1.807) is 22.7 Å². The van der Waals surface area contributed by atoms with Crippen molar-refractivity contribution in [3.63, 3.8) is 0 Å². The van der Waals surface area contributed by atoms with Gasteiger partial charge in [0.2, 0.25) is 5.91 Å². The molecule has 29 heavy (non-hydrogen) atoms. The van der Waals surface area contributed by atoms with Crippen LogP contribution >= 0.6 is 11.8 Å². The zero-order chi connectivity index (χ0) is 20.6. The van der Waals surface area contributed by atoms with E-state index in [9.17, 15) is 18.0 Å². The molecule has 1 aromatic heterocycles. The minimum atomic E-state index is -4.43. The van der Waals surface area contributed by atoms with Crippen LogP contribution in [0, 0.1) is 0 Å². The lowest BCUT2D eigenvalue weighted by Gasteiger charge is -2.36. The van der Waals surface area contributed by atoms with Gasteiger partial charge in [-0.05, 0) is 42.0 Å². The molecule has 3 nitrogen and oxygen atoms in total. The summed E-state index contributed by atoms with van der Waals surface area (Å²) in [6, 6.07) is 12.6. The topological polar surface area (TPSA) is 36.1 Å². The molecular formula is C22H21F3N2OS. The summed E-state index contributed by atoms with van der Waals surface area (Å²) in [4.78, 5) is 18.0. The van der Waals surface area contributed by atoms with Gasteiger partial charge < -0.3 is 9.88 Å². The van der Waals surface area contributed by atoms with E-state index in [4.69, 9.17) is 0 Å². The minimum absolute atomic E-state index is 0.0360. The summed E-state index contributed by atoms with van der Waals surface area (Å²) in [7, 11) is 0. The number of rotatable bonds is 4. The molecule has 7 heteroatoms. The van der Waals surface area contributed by atoms with Gasteiger partial charge in [-0.1, -0.05) is 30.3 Å². The van der Waals surface area contributed by atoms with Crippen LogP contribution in [0.15, 0.2) is 48.5 Å². The molecule has 1 aliphatic heterocycles. The van der Waals surface area contributed by atoms with Gasteiger partial charge in [-0.15, -0.1) is 0 Å². The van der Waals surface area contributed by atoms with Crippen LogP contribution in [-0.4, -0.2) is 34.3 Å². The maximum absolute atomic E-state index is 13.3. The van der Waals surface area contributed by atoms with E-state index in [0.717, 1.165) is 28.2 Å². The van der Waals surface area contributed by atoms with Gasteiger partial charge in [-0.2, -0.15) is 24.9 Å². The smallest absolute Gasteiger partial charge is 0.356 e. The predicted molar refractivity (Wildman–Crippen MR) is 110 cm³/mol. The number of aromatic nitrogens is 1. The molecule has 0 aliphatic carbocycles. The van der Waals surface area contributed by atoms with Crippen LogP contribution in [0.4, 0.5) is 13.2 Å². The van der Waals surface area contributed by atoms with Crippen LogP contribution in [0.3, 0.4) is 0 Å². The van der Waals surface area contributed by atoms with Gasteiger partial charge in [-0.3, -0.25) is 4.79 Å². The Morgan fingerprint density at radius 1 is 1.21 bits per heavy atom. The quantitative estimate of drug-likeness (QED) is 0.615. The van der Waals surface area contributed by atoms with E-state index < -0.39 is 17.8 Å². The van der Waals surface area contributed by atoms with Gasteiger partial charge in [0.25, 0.3) is 0 Å². The molecule has 152 valence electrons. The number of alkyl halides is 3. The first-order valence-electron chi connectivity index (χ1n) is 9.45. The monoisotopic (exact) mass is 418 g/mol. The molecular weight excluding hydrogens is 397 g/mol. The molecule has 1 unspecified atom stereocenters. The van der Waals surface area contributed by atoms with Gasteiger partial charge in [0.1, 0.15) is 0 Å². The number of H-pyrrole nitrogens is 1. The Bertz CT molecular complexity index is 1040. The van der Waals surface area contributed by atoms with Gasteiger partial charge in [0.15, 0.2) is 0 Å². The summed E-state index contributed by atoms with van der Waals surface area (Å²) in [5.74, 6) is 0.649. The third kappa shape index (κ3) is 3.75. The van der Waals surface area contributed by atoms with Gasteiger partial charge in [0, 0.05) is 35.3 Å². The maximum Gasteiger partial charge on any atom is 0.416 e. The van der Waals surface area contributed by atoms with Crippen LogP contribution in [-0.2, 0) is 17.4 Å². The van der Waals surface area contributed by atoms with Crippen molar-refractivity contribution in [2.75, 3.05) is 18.6 Å². The fourth-order valence-corrected chi connectivity index (χ4v) is 4.45. The maximum atomic E-state index is 13.3. The number of fused-ring (bicyclic) bond motifs is 3. The van der Waals surface area contributed by atoms with E-state index in [1.807, 2.05) is 30.5 Å². The lowest BCUT2D eigenvalue weighted by atomic mass is 9.91. The van der Waals surface area contributed by atoms with Crippen molar-refractivity contribution in [3.8, 4) is 0 Å². The molecule has 0 fully saturated rings. The highest BCUT2D eigenvalue weighted by molar-refractivity contribution is 7.98. The van der Waals surface area contributed by atoms with E-state index in [-0.39, 0.29) is 5.91 Å². The first kappa shape index (κ1) is 19.9. The molecule has 0 radical (unpaired) electrons. The summed E-state index contributed by atoms with van der Waals surface area (Å²) in [6.07, 6.45) is -1.45. The Labute approximate surface area is 171 Å². The molecule has 0 saturated carbocycles. The number of thioether (sulfide) groups is 1. The Morgan fingerprint density at radius 2 is 2.00 bits per heavy atom. The second-order valence-electron chi connectivity index (χ2n) is 7.17. The number of para-hydroxylation sites is 1. The largest absolute Gasteiger partial charge is 0.416 e. The third-order valence-corrected chi connectivity index (χ3v) is 6.02. The highest BCUT2D eigenvalue weighted by atomic mass is 32.2. The number of amides is 1. The number of nitrogens with one attached hydrogen (secondary N) is 1. The number of carbonyl (C=O) groups excluding carboxylic acids is 1. The highest BCUT2D eigenvalue weighted by Gasteiger charge is 2.36. The van der Waals surface area contributed by atoms with Crippen molar-refractivity contribution in [2.24, 2.45) is 0 Å². The summed E-state index contributed by atoms with van der Waals surface area (Å²) < 4.78 is 40.0. The Morgan fingerprint density at radius 3 is 2.76 bits per heavy atom. The zero-order valence-corrected chi connectivity index (χ0v) is 16.7. The van der Waals surface area contributed by atoms with Gasteiger partial charge in [-0.25, -0.2) is 0 Å². The molecule has 2 heterocycles. The molecule has 2 aromatic carbocycles. The molecule has 0 saturated heterocycles. The van der Waals surface area contributed by atoms with Gasteiger partial charge >= 0.3 is 6.18 Å². The number of nitrogens with zero attached hydrogens (tertiary/aromatic N) is 1. The average Bonchev–Trinajstić information content (AvgIpc) is 3.09. The zero-order valence-electron chi connectivity index (χ0n) is 15.9. The molecule has 0 spiro atoms. The first-order valence-corrected chi connectivity index (χ1v) is 10.8. The molecule has 3 aromatic rings. The number of aromatic amines is 1. The van der Waals surface area contributed by atoms with Crippen LogP contribution in [0.1, 0.15) is 34.8 Å². The number of hydrogen-bond acceptors (Lipinski definition) is 2. The predicted octanol–water partition coefficient (Wildman–Crippen LogP) is 5.41. The average molecular weight is 418 g/mol. The normalized spacial score (nSPS) is 16.8. The molecule has 1 aliphatic rings. The second-order valence-corrected chi connectivity index (χ2v) is 8.15.